The van der Waals surface area contributed by atoms with Gasteiger partial charge in [-0.3, -0.25) is 9.59 Å². The van der Waals surface area contributed by atoms with Crippen molar-refractivity contribution in [2.75, 3.05) is 0 Å². The first-order valence-corrected chi connectivity index (χ1v) is 10.3. The van der Waals surface area contributed by atoms with Crippen molar-refractivity contribution in [2.24, 2.45) is 0 Å². The van der Waals surface area contributed by atoms with E-state index in [0.717, 1.165) is 15.6 Å². The summed E-state index contributed by atoms with van der Waals surface area (Å²) in [6, 6.07) is 14.3. The van der Waals surface area contributed by atoms with Gasteiger partial charge in [0.25, 0.3) is 0 Å². The third-order valence-corrected chi connectivity index (χ3v) is 4.92. The van der Waals surface area contributed by atoms with Gasteiger partial charge in [-0.1, -0.05) is 51.8 Å². The van der Waals surface area contributed by atoms with Crippen molar-refractivity contribution in [1.82, 2.24) is 10.2 Å². The maximum Gasteiger partial charge on any atom is 0.242 e. The number of nitrogens with one attached hydrogen (secondary N) is 1. The van der Waals surface area contributed by atoms with Crippen molar-refractivity contribution in [3.8, 4) is 0 Å². The van der Waals surface area contributed by atoms with E-state index >= 15 is 0 Å². The lowest BCUT2D eigenvalue weighted by molar-refractivity contribution is -0.140. The van der Waals surface area contributed by atoms with Gasteiger partial charge in [-0.25, -0.2) is 0 Å². The summed E-state index contributed by atoms with van der Waals surface area (Å²) in [5.74, 6) is -0.286. The predicted molar refractivity (Wildman–Crippen MR) is 117 cm³/mol. The molecule has 0 aliphatic carbocycles. The summed E-state index contributed by atoms with van der Waals surface area (Å²) in [5.41, 5.74) is 1.44. The van der Waals surface area contributed by atoms with E-state index in [-0.39, 0.29) is 23.8 Å². The van der Waals surface area contributed by atoms with Crippen LogP contribution >= 0.6 is 27.5 Å². The van der Waals surface area contributed by atoms with Crippen LogP contribution in [0, 0.1) is 0 Å². The second-order valence-electron chi connectivity index (χ2n) is 7.87. The molecule has 1 N–H and O–H groups in total. The highest BCUT2D eigenvalue weighted by Crippen LogP contribution is 2.17. The maximum absolute atomic E-state index is 13.1. The molecule has 1 unspecified atom stereocenters. The quantitative estimate of drug-likeness (QED) is 0.654. The normalized spacial score (nSPS) is 12.4. The van der Waals surface area contributed by atoms with Gasteiger partial charge in [0.2, 0.25) is 11.8 Å². The van der Waals surface area contributed by atoms with Gasteiger partial charge in [-0.15, -0.1) is 0 Å². The molecule has 1 atom stereocenters. The minimum Gasteiger partial charge on any atom is -0.350 e. The van der Waals surface area contributed by atoms with E-state index in [2.05, 4.69) is 21.2 Å². The second kappa shape index (κ2) is 9.57. The van der Waals surface area contributed by atoms with Crippen LogP contribution in [-0.2, 0) is 22.6 Å². The SMILES string of the molecule is CC(C(=O)NC(C)(C)C)N(Cc1cccc(Br)c1)C(=O)Cc1ccc(Cl)cc1. The molecule has 0 saturated heterocycles. The average molecular weight is 466 g/mol. The van der Waals surface area contributed by atoms with Crippen molar-refractivity contribution >= 4 is 39.3 Å². The number of nitrogens with zero attached hydrogens (tertiary/aromatic N) is 1. The highest BCUT2D eigenvalue weighted by atomic mass is 79.9. The van der Waals surface area contributed by atoms with E-state index < -0.39 is 6.04 Å². The first kappa shape index (κ1) is 22.4. The summed E-state index contributed by atoms with van der Waals surface area (Å²) in [4.78, 5) is 27.4. The molecule has 0 aliphatic rings. The fourth-order valence-corrected chi connectivity index (χ4v) is 3.34. The van der Waals surface area contributed by atoms with Crippen LogP contribution in [-0.4, -0.2) is 28.3 Å². The molecular weight excluding hydrogens is 440 g/mol. The number of rotatable bonds is 6. The molecule has 0 spiro atoms. The topological polar surface area (TPSA) is 49.4 Å². The Morgan fingerprint density at radius 1 is 1.11 bits per heavy atom. The molecule has 0 bridgehead atoms. The molecule has 0 saturated carbocycles. The van der Waals surface area contributed by atoms with E-state index in [4.69, 9.17) is 11.6 Å². The molecule has 2 amide bonds. The van der Waals surface area contributed by atoms with E-state index in [9.17, 15) is 9.59 Å². The molecule has 0 aromatic heterocycles. The number of hydrogen-bond donors (Lipinski definition) is 1. The van der Waals surface area contributed by atoms with Crippen LogP contribution < -0.4 is 5.32 Å². The Kier molecular flexibility index (Phi) is 7.67. The summed E-state index contributed by atoms with van der Waals surface area (Å²) < 4.78 is 0.932. The van der Waals surface area contributed by atoms with Crippen molar-refractivity contribution in [2.45, 2.75) is 52.2 Å². The van der Waals surface area contributed by atoms with Crippen molar-refractivity contribution < 1.29 is 9.59 Å². The largest absolute Gasteiger partial charge is 0.350 e. The monoisotopic (exact) mass is 464 g/mol. The van der Waals surface area contributed by atoms with Crippen molar-refractivity contribution in [3.05, 3.63) is 69.2 Å². The summed E-state index contributed by atoms with van der Waals surface area (Å²) in [7, 11) is 0. The summed E-state index contributed by atoms with van der Waals surface area (Å²) >= 11 is 9.39. The van der Waals surface area contributed by atoms with Crippen LogP contribution in [0.5, 0.6) is 0 Å². The van der Waals surface area contributed by atoms with Crippen LogP contribution in [0.15, 0.2) is 53.0 Å². The lowest BCUT2D eigenvalue weighted by Gasteiger charge is -2.31. The lowest BCUT2D eigenvalue weighted by Crippen LogP contribution is -2.52. The molecule has 2 aromatic rings. The van der Waals surface area contributed by atoms with E-state index in [1.54, 1.807) is 24.0 Å². The van der Waals surface area contributed by atoms with Crippen LogP contribution in [0.2, 0.25) is 5.02 Å². The van der Waals surface area contributed by atoms with Crippen LogP contribution in [0.25, 0.3) is 0 Å². The smallest absolute Gasteiger partial charge is 0.242 e. The van der Waals surface area contributed by atoms with Gasteiger partial charge in [0.15, 0.2) is 0 Å². The Balaban J connectivity index is 2.24. The predicted octanol–water partition coefficient (Wildman–Crippen LogP) is 4.98. The number of hydrogen-bond acceptors (Lipinski definition) is 2. The zero-order chi connectivity index (χ0) is 20.9. The Morgan fingerprint density at radius 3 is 2.32 bits per heavy atom. The van der Waals surface area contributed by atoms with Crippen molar-refractivity contribution in [1.29, 1.82) is 0 Å². The zero-order valence-electron chi connectivity index (χ0n) is 16.6. The number of amides is 2. The molecule has 150 valence electrons. The summed E-state index contributed by atoms with van der Waals surface area (Å²) in [6.07, 6.45) is 0.207. The van der Waals surface area contributed by atoms with Crippen LogP contribution in [0.3, 0.4) is 0 Å². The lowest BCUT2D eigenvalue weighted by atomic mass is 10.1. The number of benzene rings is 2. The number of carbonyl (C=O) groups excluding carboxylic acids is 2. The van der Waals surface area contributed by atoms with Gasteiger partial charge >= 0.3 is 0 Å². The van der Waals surface area contributed by atoms with Gasteiger partial charge < -0.3 is 10.2 Å². The average Bonchev–Trinajstić information content (AvgIpc) is 2.59. The first-order chi connectivity index (χ1) is 13.0. The molecule has 2 aromatic carbocycles. The van der Waals surface area contributed by atoms with Gasteiger partial charge in [0, 0.05) is 21.6 Å². The number of halogens is 2. The number of carbonyl (C=O) groups is 2. The summed E-state index contributed by atoms with van der Waals surface area (Å²) in [5, 5.41) is 3.59. The third-order valence-electron chi connectivity index (χ3n) is 4.18. The maximum atomic E-state index is 13.1. The van der Waals surface area contributed by atoms with Gasteiger partial charge in [-0.05, 0) is 63.1 Å². The van der Waals surface area contributed by atoms with E-state index in [0.29, 0.717) is 11.6 Å². The minimum absolute atomic E-state index is 0.112. The Labute approximate surface area is 180 Å². The molecule has 0 heterocycles. The van der Waals surface area contributed by atoms with Crippen molar-refractivity contribution in [3.63, 3.8) is 0 Å². The van der Waals surface area contributed by atoms with Crippen LogP contribution in [0.1, 0.15) is 38.8 Å². The summed E-state index contributed by atoms with van der Waals surface area (Å²) in [6.45, 7) is 7.88. The Hall–Kier alpha value is -1.85. The first-order valence-electron chi connectivity index (χ1n) is 9.15. The zero-order valence-corrected chi connectivity index (χ0v) is 19.0. The molecular formula is C22H26BrClN2O2. The molecule has 2 rings (SSSR count). The minimum atomic E-state index is -0.599. The molecule has 0 aliphatic heterocycles. The Bertz CT molecular complexity index is 831. The Morgan fingerprint density at radius 2 is 1.75 bits per heavy atom. The van der Waals surface area contributed by atoms with Gasteiger partial charge in [0.05, 0.1) is 6.42 Å². The van der Waals surface area contributed by atoms with E-state index in [1.807, 2.05) is 57.2 Å². The molecule has 0 fully saturated rings. The standard InChI is InChI=1S/C22H26BrClN2O2/c1-15(21(28)25-22(2,3)4)26(14-17-6-5-7-18(23)12-17)20(27)13-16-8-10-19(24)11-9-16/h5-12,15H,13-14H2,1-4H3,(H,25,28). The van der Waals surface area contributed by atoms with Gasteiger partial charge in [0.1, 0.15) is 6.04 Å². The van der Waals surface area contributed by atoms with Gasteiger partial charge in [-0.2, -0.15) is 0 Å². The van der Waals surface area contributed by atoms with Crippen LogP contribution in [0.4, 0.5) is 0 Å². The van der Waals surface area contributed by atoms with E-state index in [1.165, 1.54) is 0 Å². The fourth-order valence-electron chi connectivity index (χ4n) is 2.77. The molecule has 4 nitrogen and oxygen atoms in total. The molecule has 6 heteroatoms. The molecule has 28 heavy (non-hydrogen) atoms. The molecule has 0 radical (unpaired) electrons. The highest BCUT2D eigenvalue weighted by molar-refractivity contribution is 9.10. The fraction of sp³-hybridized carbons (Fsp3) is 0.364. The second-order valence-corrected chi connectivity index (χ2v) is 9.22. The third kappa shape index (κ3) is 6.95. The highest BCUT2D eigenvalue weighted by Gasteiger charge is 2.28.